The quantitative estimate of drug-likeness (QED) is 0.788. The molecule has 2 aromatic heterocycles. The summed E-state index contributed by atoms with van der Waals surface area (Å²) >= 11 is 6.15. The Kier molecular flexibility index (Phi) is 3.72. The number of furan rings is 1. The van der Waals surface area contributed by atoms with Crippen LogP contribution >= 0.6 is 11.6 Å². The van der Waals surface area contributed by atoms with Crippen LogP contribution in [0.15, 0.2) is 53.2 Å². The standard InChI is InChI=1S/C16H15ClN2O/c1-18-14(8-11-4-3-7-19-10-11)15-9-12-5-2-6-13(17)16(12)20-15/h2-7,9-10,14,18H,8H2,1H3. The van der Waals surface area contributed by atoms with Gasteiger partial charge in [-0.2, -0.15) is 0 Å². The average molecular weight is 287 g/mol. The molecule has 0 radical (unpaired) electrons. The van der Waals surface area contributed by atoms with Gasteiger partial charge in [-0.3, -0.25) is 4.98 Å². The van der Waals surface area contributed by atoms with E-state index in [1.165, 1.54) is 5.56 Å². The summed E-state index contributed by atoms with van der Waals surface area (Å²) in [7, 11) is 1.93. The van der Waals surface area contributed by atoms with Gasteiger partial charge in [0.15, 0.2) is 5.58 Å². The summed E-state index contributed by atoms with van der Waals surface area (Å²) in [6.45, 7) is 0. The summed E-state index contributed by atoms with van der Waals surface area (Å²) in [5.41, 5.74) is 1.91. The van der Waals surface area contributed by atoms with Crippen molar-refractivity contribution in [3.05, 3.63) is 65.1 Å². The van der Waals surface area contributed by atoms with E-state index in [1.807, 2.05) is 43.6 Å². The first-order valence-corrected chi connectivity index (χ1v) is 6.90. The molecule has 0 spiro atoms. The lowest BCUT2D eigenvalue weighted by Crippen LogP contribution is -2.18. The van der Waals surface area contributed by atoms with Crippen LogP contribution in [0.25, 0.3) is 11.0 Å². The molecule has 1 N–H and O–H groups in total. The highest BCUT2D eigenvalue weighted by Gasteiger charge is 2.16. The number of benzene rings is 1. The molecule has 1 aromatic carbocycles. The van der Waals surface area contributed by atoms with Gasteiger partial charge in [0.05, 0.1) is 11.1 Å². The Morgan fingerprint density at radius 2 is 2.20 bits per heavy atom. The van der Waals surface area contributed by atoms with Crippen LogP contribution in [0.2, 0.25) is 5.02 Å². The Morgan fingerprint density at radius 1 is 1.30 bits per heavy atom. The van der Waals surface area contributed by atoms with Crippen molar-refractivity contribution in [3.8, 4) is 0 Å². The third-order valence-electron chi connectivity index (χ3n) is 3.37. The fraction of sp³-hybridized carbons (Fsp3) is 0.188. The SMILES string of the molecule is CNC(Cc1cccnc1)c1cc2cccc(Cl)c2o1. The maximum absolute atomic E-state index is 6.15. The fourth-order valence-corrected chi connectivity index (χ4v) is 2.54. The smallest absolute Gasteiger partial charge is 0.152 e. The number of likely N-dealkylation sites (N-methyl/N-ethyl adjacent to an activating group) is 1. The predicted octanol–water partition coefficient (Wildman–Crippen LogP) is 3.98. The van der Waals surface area contributed by atoms with Gasteiger partial charge in [-0.1, -0.05) is 29.8 Å². The Morgan fingerprint density at radius 3 is 2.90 bits per heavy atom. The topological polar surface area (TPSA) is 38.1 Å². The number of halogens is 1. The van der Waals surface area contributed by atoms with Gasteiger partial charge in [0.2, 0.25) is 0 Å². The highest BCUT2D eigenvalue weighted by atomic mass is 35.5. The highest BCUT2D eigenvalue weighted by molar-refractivity contribution is 6.34. The lowest BCUT2D eigenvalue weighted by Gasteiger charge is -2.13. The minimum absolute atomic E-state index is 0.0997. The molecule has 1 atom stereocenters. The summed E-state index contributed by atoms with van der Waals surface area (Å²) in [4.78, 5) is 4.14. The van der Waals surface area contributed by atoms with Gasteiger partial charge < -0.3 is 9.73 Å². The molecule has 1 unspecified atom stereocenters. The minimum Gasteiger partial charge on any atom is -0.458 e. The maximum Gasteiger partial charge on any atom is 0.152 e. The van der Waals surface area contributed by atoms with Crippen LogP contribution in [0.3, 0.4) is 0 Å². The second kappa shape index (κ2) is 5.65. The van der Waals surface area contributed by atoms with Crippen molar-refractivity contribution < 1.29 is 4.42 Å². The van der Waals surface area contributed by atoms with Crippen molar-refractivity contribution in [2.24, 2.45) is 0 Å². The second-order valence-electron chi connectivity index (χ2n) is 4.71. The molecule has 0 bridgehead atoms. The van der Waals surface area contributed by atoms with Gasteiger partial charge >= 0.3 is 0 Å². The number of hydrogen-bond donors (Lipinski definition) is 1. The molecule has 0 amide bonds. The summed E-state index contributed by atoms with van der Waals surface area (Å²) < 4.78 is 5.91. The van der Waals surface area contributed by atoms with E-state index in [4.69, 9.17) is 16.0 Å². The molecule has 3 aromatic rings. The molecule has 0 aliphatic carbocycles. The first-order chi connectivity index (χ1) is 9.78. The minimum atomic E-state index is 0.0997. The number of nitrogens with zero attached hydrogens (tertiary/aromatic N) is 1. The molecule has 102 valence electrons. The normalized spacial score (nSPS) is 12.7. The van der Waals surface area contributed by atoms with E-state index in [1.54, 1.807) is 6.20 Å². The molecule has 3 nitrogen and oxygen atoms in total. The van der Waals surface area contributed by atoms with Crippen molar-refractivity contribution >= 4 is 22.6 Å². The zero-order valence-electron chi connectivity index (χ0n) is 11.1. The summed E-state index contributed by atoms with van der Waals surface area (Å²) in [6, 6.07) is 11.9. The Hall–Kier alpha value is -1.84. The Balaban J connectivity index is 1.93. The van der Waals surface area contributed by atoms with Crippen LogP contribution < -0.4 is 5.32 Å². The van der Waals surface area contributed by atoms with Crippen LogP contribution in [0.5, 0.6) is 0 Å². The van der Waals surface area contributed by atoms with Crippen LogP contribution in [0, 0.1) is 0 Å². The van der Waals surface area contributed by atoms with Crippen molar-refractivity contribution in [1.82, 2.24) is 10.3 Å². The molecular weight excluding hydrogens is 272 g/mol. The molecule has 0 saturated heterocycles. The van der Waals surface area contributed by atoms with Gasteiger partial charge in [0.1, 0.15) is 5.76 Å². The van der Waals surface area contributed by atoms with Crippen LogP contribution in [-0.2, 0) is 6.42 Å². The van der Waals surface area contributed by atoms with Gasteiger partial charge in [0.25, 0.3) is 0 Å². The first kappa shape index (κ1) is 13.2. The predicted molar refractivity (Wildman–Crippen MR) is 81.0 cm³/mol. The molecule has 0 aliphatic heterocycles. The Bertz CT molecular complexity index is 709. The third-order valence-corrected chi connectivity index (χ3v) is 3.67. The molecule has 20 heavy (non-hydrogen) atoms. The van der Waals surface area contributed by atoms with E-state index in [9.17, 15) is 0 Å². The van der Waals surface area contributed by atoms with E-state index in [0.29, 0.717) is 5.02 Å². The fourth-order valence-electron chi connectivity index (χ4n) is 2.32. The van der Waals surface area contributed by atoms with Crippen molar-refractivity contribution in [2.45, 2.75) is 12.5 Å². The van der Waals surface area contributed by atoms with Crippen molar-refractivity contribution in [3.63, 3.8) is 0 Å². The zero-order valence-corrected chi connectivity index (χ0v) is 11.9. The molecular formula is C16H15ClN2O. The second-order valence-corrected chi connectivity index (χ2v) is 5.12. The number of pyridine rings is 1. The average Bonchev–Trinajstić information content (AvgIpc) is 2.91. The van der Waals surface area contributed by atoms with E-state index in [-0.39, 0.29) is 6.04 Å². The molecule has 4 heteroatoms. The number of fused-ring (bicyclic) bond motifs is 1. The largest absolute Gasteiger partial charge is 0.458 e. The monoisotopic (exact) mass is 286 g/mol. The zero-order chi connectivity index (χ0) is 13.9. The highest BCUT2D eigenvalue weighted by Crippen LogP contribution is 2.30. The van der Waals surface area contributed by atoms with Gasteiger partial charge in [-0.25, -0.2) is 0 Å². The van der Waals surface area contributed by atoms with Gasteiger partial charge in [-0.05, 0) is 37.2 Å². The van der Waals surface area contributed by atoms with Crippen molar-refractivity contribution in [2.75, 3.05) is 7.05 Å². The molecule has 0 aliphatic rings. The van der Waals surface area contributed by atoms with E-state index in [2.05, 4.69) is 16.4 Å². The molecule has 3 rings (SSSR count). The number of nitrogens with one attached hydrogen (secondary N) is 1. The maximum atomic E-state index is 6.15. The van der Waals surface area contributed by atoms with Crippen molar-refractivity contribution in [1.29, 1.82) is 0 Å². The number of rotatable bonds is 4. The van der Waals surface area contributed by atoms with Crippen LogP contribution in [0.4, 0.5) is 0 Å². The van der Waals surface area contributed by atoms with Crippen LogP contribution in [-0.4, -0.2) is 12.0 Å². The van der Waals surface area contributed by atoms with E-state index >= 15 is 0 Å². The number of para-hydroxylation sites is 1. The molecule has 0 saturated carbocycles. The summed E-state index contributed by atoms with van der Waals surface area (Å²) in [6.07, 6.45) is 4.47. The number of aromatic nitrogens is 1. The van der Waals surface area contributed by atoms with E-state index in [0.717, 1.165) is 23.2 Å². The van der Waals surface area contributed by atoms with Gasteiger partial charge in [0, 0.05) is 17.8 Å². The first-order valence-electron chi connectivity index (χ1n) is 6.52. The third kappa shape index (κ3) is 2.55. The summed E-state index contributed by atoms with van der Waals surface area (Å²) in [5, 5.41) is 4.95. The summed E-state index contributed by atoms with van der Waals surface area (Å²) in [5.74, 6) is 0.888. The van der Waals surface area contributed by atoms with Gasteiger partial charge in [-0.15, -0.1) is 0 Å². The molecule has 2 heterocycles. The lowest BCUT2D eigenvalue weighted by atomic mass is 10.1. The molecule has 0 fully saturated rings. The van der Waals surface area contributed by atoms with E-state index < -0.39 is 0 Å². The Labute approximate surface area is 122 Å². The van der Waals surface area contributed by atoms with Crippen LogP contribution in [0.1, 0.15) is 17.4 Å². The lowest BCUT2D eigenvalue weighted by molar-refractivity contribution is 0.450. The number of hydrogen-bond acceptors (Lipinski definition) is 3.